The Balaban J connectivity index is 2.43. The number of para-hydroxylation sites is 2. The van der Waals surface area contributed by atoms with Crippen LogP contribution in [0.15, 0.2) is 42.5 Å². The van der Waals surface area contributed by atoms with Crippen LogP contribution in [-0.2, 0) is 0 Å². The number of rotatable bonds is 3. The molecule has 0 heterocycles. The van der Waals surface area contributed by atoms with Gasteiger partial charge in [-0.15, -0.1) is 0 Å². The molecule has 0 saturated carbocycles. The van der Waals surface area contributed by atoms with Gasteiger partial charge in [0.15, 0.2) is 11.6 Å². The Kier molecular flexibility index (Phi) is 3.84. The third-order valence-corrected chi connectivity index (χ3v) is 2.81. The highest BCUT2D eigenvalue weighted by Crippen LogP contribution is 2.35. The first-order valence-corrected chi connectivity index (χ1v) is 5.86. The predicted molar refractivity (Wildman–Crippen MR) is 68.6 cm³/mol. The van der Waals surface area contributed by atoms with Gasteiger partial charge in [0.05, 0.1) is 11.1 Å². The Labute approximate surface area is 110 Å². The van der Waals surface area contributed by atoms with Crippen LogP contribution < -0.4 is 4.74 Å². The van der Waals surface area contributed by atoms with Gasteiger partial charge in [-0.05, 0) is 25.1 Å². The smallest absolute Gasteiger partial charge is 0.168 e. The molecule has 0 saturated heterocycles. The van der Waals surface area contributed by atoms with E-state index in [2.05, 4.69) is 0 Å². The lowest BCUT2D eigenvalue weighted by Gasteiger charge is -2.14. The average molecular weight is 267 g/mol. The monoisotopic (exact) mass is 266 g/mol. The van der Waals surface area contributed by atoms with Crippen molar-refractivity contribution in [3.63, 3.8) is 0 Å². The Bertz CT molecular complexity index is 555. The molecule has 1 N–H and O–H groups in total. The van der Waals surface area contributed by atoms with E-state index in [0.29, 0.717) is 16.3 Å². The second-order valence-corrected chi connectivity index (χ2v) is 4.27. The summed E-state index contributed by atoms with van der Waals surface area (Å²) in [6.07, 6.45) is -0.821. The number of halogens is 2. The zero-order valence-corrected chi connectivity index (χ0v) is 10.5. The van der Waals surface area contributed by atoms with Gasteiger partial charge in [0, 0.05) is 5.56 Å². The van der Waals surface area contributed by atoms with E-state index in [4.69, 9.17) is 16.3 Å². The molecule has 0 aliphatic heterocycles. The highest BCUT2D eigenvalue weighted by Gasteiger charge is 2.15. The minimum atomic E-state index is -0.821. The average Bonchev–Trinajstić information content (AvgIpc) is 2.34. The lowest BCUT2D eigenvalue weighted by Crippen LogP contribution is -1.98. The molecule has 0 aliphatic carbocycles. The van der Waals surface area contributed by atoms with Crippen LogP contribution in [0.5, 0.6) is 11.5 Å². The maximum atomic E-state index is 13.7. The van der Waals surface area contributed by atoms with Crippen LogP contribution in [-0.4, -0.2) is 5.11 Å². The second kappa shape index (κ2) is 5.38. The Morgan fingerprint density at radius 2 is 1.89 bits per heavy atom. The van der Waals surface area contributed by atoms with Gasteiger partial charge in [0.1, 0.15) is 5.75 Å². The van der Waals surface area contributed by atoms with Crippen molar-refractivity contribution in [1.82, 2.24) is 0 Å². The van der Waals surface area contributed by atoms with Gasteiger partial charge in [-0.25, -0.2) is 4.39 Å². The molecule has 0 aliphatic rings. The van der Waals surface area contributed by atoms with Crippen molar-refractivity contribution in [2.24, 2.45) is 0 Å². The molecular formula is C14H12ClFO2. The quantitative estimate of drug-likeness (QED) is 0.896. The number of benzene rings is 2. The molecule has 0 bridgehead atoms. The number of hydrogen-bond donors (Lipinski definition) is 1. The molecule has 0 spiro atoms. The van der Waals surface area contributed by atoms with Crippen LogP contribution >= 0.6 is 11.6 Å². The molecule has 2 nitrogen and oxygen atoms in total. The SMILES string of the molecule is C[C@@H](O)c1cccc(F)c1Oc1ccccc1Cl. The van der Waals surface area contributed by atoms with Crippen molar-refractivity contribution in [2.45, 2.75) is 13.0 Å². The van der Waals surface area contributed by atoms with E-state index in [1.165, 1.54) is 12.1 Å². The van der Waals surface area contributed by atoms with E-state index >= 15 is 0 Å². The molecule has 2 aromatic carbocycles. The number of aliphatic hydroxyl groups is 1. The summed E-state index contributed by atoms with van der Waals surface area (Å²) < 4.78 is 19.2. The zero-order valence-electron chi connectivity index (χ0n) is 9.73. The van der Waals surface area contributed by atoms with Crippen molar-refractivity contribution in [2.75, 3.05) is 0 Å². The van der Waals surface area contributed by atoms with Crippen LogP contribution in [0.3, 0.4) is 0 Å². The minimum absolute atomic E-state index is 0.000556. The number of aliphatic hydroxyl groups excluding tert-OH is 1. The van der Waals surface area contributed by atoms with Gasteiger partial charge < -0.3 is 9.84 Å². The molecule has 18 heavy (non-hydrogen) atoms. The molecule has 0 aromatic heterocycles. The number of hydrogen-bond acceptors (Lipinski definition) is 2. The predicted octanol–water partition coefficient (Wildman–Crippen LogP) is 4.32. The summed E-state index contributed by atoms with van der Waals surface area (Å²) in [5.74, 6) is -0.180. The summed E-state index contributed by atoms with van der Waals surface area (Å²) in [5, 5.41) is 9.98. The molecule has 94 valence electrons. The topological polar surface area (TPSA) is 29.5 Å². The molecule has 2 rings (SSSR count). The third-order valence-electron chi connectivity index (χ3n) is 2.50. The fourth-order valence-corrected chi connectivity index (χ4v) is 1.77. The van der Waals surface area contributed by atoms with Gasteiger partial charge in [0.25, 0.3) is 0 Å². The van der Waals surface area contributed by atoms with Gasteiger partial charge in [0.2, 0.25) is 0 Å². The molecule has 1 atom stereocenters. The van der Waals surface area contributed by atoms with E-state index < -0.39 is 11.9 Å². The third kappa shape index (κ3) is 2.63. The van der Waals surface area contributed by atoms with Crippen molar-refractivity contribution < 1.29 is 14.2 Å². The van der Waals surface area contributed by atoms with Gasteiger partial charge in [-0.2, -0.15) is 0 Å². The Morgan fingerprint density at radius 3 is 2.56 bits per heavy atom. The van der Waals surface area contributed by atoms with E-state index in [9.17, 15) is 9.50 Å². The van der Waals surface area contributed by atoms with Gasteiger partial charge in [-0.3, -0.25) is 0 Å². The van der Waals surface area contributed by atoms with Crippen molar-refractivity contribution in [3.8, 4) is 11.5 Å². The van der Waals surface area contributed by atoms with E-state index in [-0.39, 0.29) is 5.75 Å². The zero-order chi connectivity index (χ0) is 13.1. The summed E-state index contributed by atoms with van der Waals surface area (Å²) >= 11 is 5.95. The van der Waals surface area contributed by atoms with E-state index in [1.54, 1.807) is 37.3 Å². The largest absolute Gasteiger partial charge is 0.452 e. The van der Waals surface area contributed by atoms with Crippen LogP contribution in [0.2, 0.25) is 5.02 Å². The van der Waals surface area contributed by atoms with E-state index in [1.807, 2.05) is 0 Å². The molecule has 0 unspecified atom stereocenters. The fourth-order valence-electron chi connectivity index (χ4n) is 1.60. The first kappa shape index (κ1) is 12.9. The van der Waals surface area contributed by atoms with Crippen LogP contribution in [0.4, 0.5) is 4.39 Å². The lowest BCUT2D eigenvalue weighted by molar-refractivity contribution is 0.194. The molecule has 0 amide bonds. The molecule has 0 radical (unpaired) electrons. The van der Waals surface area contributed by atoms with Crippen LogP contribution in [0, 0.1) is 5.82 Å². The van der Waals surface area contributed by atoms with Gasteiger partial charge in [-0.1, -0.05) is 35.9 Å². The summed E-state index contributed by atoms with van der Waals surface area (Å²) in [6, 6.07) is 11.2. The molecule has 2 aromatic rings. The first-order valence-electron chi connectivity index (χ1n) is 5.48. The summed E-state index contributed by atoms with van der Waals surface area (Å²) in [5.41, 5.74) is 0.384. The summed E-state index contributed by atoms with van der Waals surface area (Å²) in [7, 11) is 0. The lowest BCUT2D eigenvalue weighted by atomic mass is 10.1. The van der Waals surface area contributed by atoms with Crippen LogP contribution in [0.1, 0.15) is 18.6 Å². The van der Waals surface area contributed by atoms with Crippen molar-refractivity contribution in [3.05, 3.63) is 58.9 Å². The highest BCUT2D eigenvalue weighted by atomic mass is 35.5. The molecular weight excluding hydrogens is 255 g/mol. The minimum Gasteiger partial charge on any atom is -0.452 e. The normalized spacial score (nSPS) is 12.2. The highest BCUT2D eigenvalue weighted by molar-refractivity contribution is 6.32. The van der Waals surface area contributed by atoms with Crippen molar-refractivity contribution >= 4 is 11.6 Å². The van der Waals surface area contributed by atoms with Crippen LogP contribution in [0.25, 0.3) is 0 Å². The van der Waals surface area contributed by atoms with Crippen molar-refractivity contribution in [1.29, 1.82) is 0 Å². The summed E-state index contributed by atoms with van der Waals surface area (Å²) in [6.45, 7) is 1.55. The van der Waals surface area contributed by atoms with Gasteiger partial charge >= 0.3 is 0 Å². The number of ether oxygens (including phenoxy) is 1. The summed E-state index contributed by atoms with van der Waals surface area (Å²) in [4.78, 5) is 0. The second-order valence-electron chi connectivity index (χ2n) is 3.87. The maximum Gasteiger partial charge on any atom is 0.168 e. The molecule has 0 fully saturated rings. The Hall–Kier alpha value is -1.58. The Morgan fingerprint density at radius 1 is 1.17 bits per heavy atom. The molecule has 4 heteroatoms. The fraction of sp³-hybridized carbons (Fsp3) is 0.143. The first-order chi connectivity index (χ1) is 8.59. The van der Waals surface area contributed by atoms with E-state index in [0.717, 1.165) is 0 Å². The standard InChI is InChI=1S/C14H12ClFO2/c1-9(17)10-5-4-7-12(16)14(10)18-13-8-3-2-6-11(13)15/h2-9,17H,1H3/t9-/m1/s1. The maximum absolute atomic E-state index is 13.7.